The number of piperidine rings is 1. The number of methoxy groups -OCH3 is 1. The molecule has 0 aromatic heterocycles. The van der Waals surface area contributed by atoms with Gasteiger partial charge in [0.15, 0.2) is 0 Å². The summed E-state index contributed by atoms with van der Waals surface area (Å²) in [4.78, 5) is 13.6. The Morgan fingerprint density at radius 1 is 1.27 bits per heavy atom. The van der Waals surface area contributed by atoms with Gasteiger partial charge >= 0.3 is 0 Å². The Hall–Kier alpha value is -2.17. The number of hydrogen-bond donors (Lipinski definition) is 1. The standard InChI is InChI=1S/C22H25NO3/c1-21-9-10-23(2)20(12-16-7-8-18(26-3)13-19(16)21)22(21,25)17-6-4-5-15(11-17)14-24/h4-8,11,13-14,20,25H,9-10,12H2,1-3H3. The van der Waals surface area contributed by atoms with Crippen molar-refractivity contribution < 1.29 is 14.6 Å². The molecule has 1 saturated heterocycles. The molecule has 0 radical (unpaired) electrons. The van der Waals surface area contributed by atoms with E-state index < -0.39 is 11.0 Å². The van der Waals surface area contributed by atoms with Gasteiger partial charge in [-0.25, -0.2) is 0 Å². The summed E-state index contributed by atoms with van der Waals surface area (Å²) in [6.07, 6.45) is 2.45. The largest absolute Gasteiger partial charge is 0.497 e. The molecule has 4 heteroatoms. The number of likely N-dealkylation sites (N-methyl/N-ethyl adjacent to an activating group) is 1. The predicted octanol–water partition coefficient (Wildman–Crippen LogP) is 2.91. The molecule has 4 rings (SSSR count). The molecule has 26 heavy (non-hydrogen) atoms. The Kier molecular flexibility index (Phi) is 3.94. The van der Waals surface area contributed by atoms with E-state index in [4.69, 9.17) is 4.74 Å². The molecule has 1 N–H and O–H groups in total. The molecular weight excluding hydrogens is 326 g/mol. The molecule has 2 aromatic rings. The molecule has 3 atom stereocenters. The summed E-state index contributed by atoms with van der Waals surface area (Å²) < 4.78 is 5.46. The lowest BCUT2D eigenvalue weighted by atomic mass is 9.53. The first kappa shape index (κ1) is 17.3. The van der Waals surface area contributed by atoms with Crippen LogP contribution in [0.1, 0.15) is 40.4 Å². The third-order valence-corrected chi connectivity index (χ3v) is 6.61. The molecule has 2 bridgehead atoms. The number of rotatable bonds is 3. The Balaban J connectivity index is 1.97. The average molecular weight is 351 g/mol. The Morgan fingerprint density at radius 2 is 2.08 bits per heavy atom. The van der Waals surface area contributed by atoms with Crippen molar-refractivity contribution in [2.75, 3.05) is 20.7 Å². The van der Waals surface area contributed by atoms with Crippen molar-refractivity contribution in [3.05, 3.63) is 64.7 Å². The number of aldehydes is 1. The van der Waals surface area contributed by atoms with Crippen molar-refractivity contribution in [2.45, 2.75) is 36.8 Å². The first-order valence-corrected chi connectivity index (χ1v) is 9.10. The normalized spacial score (nSPS) is 30.5. The van der Waals surface area contributed by atoms with E-state index in [1.165, 1.54) is 5.56 Å². The maximum absolute atomic E-state index is 12.2. The summed E-state index contributed by atoms with van der Waals surface area (Å²) in [5, 5.41) is 12.2. The lowest BCUT2D eigenvalue weighted by molar-refractivity contribution is -0.141. The summed E-state index contributed by atoms with van der Waals surface area (Å²) in [5.74, 6) is 0.811. The lowest BCUT2D eigenvalue weighted by Crippen LogP contribution is -2.67. The van der Waals surface area contributed by atoms with Gasteiger partial charge < -0.3 is 9.84 Å². The van der Waals surface area contributed by atoms with Gasteiger partial charge in [0.1, 0.15) is 17.6 Å². The fourth-order valence-electron chi connectivity index (χ4n) is 5.02. The molecule has 2 aliphatic rings. The van der Waals surface area contributed by atoms with Gasteiger partial charge in [0.2, 0.25) is 0 Å². The molecule has 1 aliphatic heterocycles. The molecule has 1 fully saturated rings. The van der Waals surface area contributed by atoms with Crippen molar-refractivity contribution in [1.82, 2.24) is 4.90 Å². The maximum Gasteiger partial charge on any atom is 0.150 e. The van der Waals surface area contributed by atoms with Gasteiger partial charge in [-0.3, -0.25) is 9.69 Å². The van der Waals surface area contributed by atoms with Gasteiger partial charge in [0.25, 0.3) is 0 Å². The molecule has 2 aromatic carbocycles. The number of fused-ring (bicyclic) bond motifs is 4. The Labute approximate surface area is 154 Å². The van der Waals surface area contributed by atoms with Crippen LogP contribution in [0.2, 0.25) is 0 Å². The van der Waals surface area contributed by atoms with E-state index in [1.807, 2.05) is 24.3 Å². The molecule has 0 amide bonds. The first-order chi connectivity index (χ1) is 12.4. The summed E-state index contributed by atoms with van der Waals surface area (Å²) >= 11 is 0. The molecule has 0 saturated carbocycles. The molecule has 4 nitrogen and oxygen atoms in total. The van der Waals surface area contributed by atoms with Crippen molar-refractivity contribution in [3.63, 3.8) is 0 Å². The van der Waals surface area contributed by atoms with Crippen LogP contribution in [0.3, 0.4) is 0 Å². The van der Waals surface area contributed by atoms with Gasteiger partial charge in [-0.05, 0) is 61.3 Å². The van der Waals surface area contributed by atoms with E-state index in [-0.39, 0.29) is 6.04 Å². The minimum atomic E-state index is -1.07. The number of nitrogens with zero attached hydrogens (tertiary/aromatic N) is 1. The van der Waals surface area contributed by atoms with Crippen molar-refractivity contribution in [2.24, 2.45) is 0 Å². The first-order valence-electron chi connectivity index (χ1n) is 9.10. The van der Waals surface area contributed by atoms with Crippen LogP contribution in [0, 0.1) is 0 Å². The highest BCUT2D eigenvalue weighted by atomic mass is 16.5. The van der Waals surface area contributed by atoms with Crippen molar-refractivity contribution in [3.8, 4) is 5.75 Å². The van der Waals surface area contributed by atoms with Crippen molar-refractivity contribution in [1.29, 1.82) is 0 Å². The van der Waals surface area contributed by atoms with Gasteiger partial charge in [-0.2, -0.15) is 0 Å². The molecule has 0 spiro atoms. The average Bonchev–Trinajstić information content (AvgIpc) is 2.67. The molecule has 3 unspecified atom stereocenters. The zero-order valence-electron chi connectivity index (χ0n) is 15.5. The quantitative estimate of drug-likeness (QED) is 0.864. The monoisotopic (exact) mass is 351 g/mol. The van der Waals surface area contributed by atoms with Gasteiger partial charge in [0.05, 0.1) is 7.11 Å². The van der Waals surface area contributed by atoms with Crippen LogP contribution >= 0.6 is 0 Å². The van der Waals surface area contributed by atoms with Crippen LogP contribution in [-0.2, 0) is 17.4 Å². The summed E-state index contributed by atoms with van der Waals surface area (Å²) in [7, 11) is 3.75. The second kappa shape index (κ2) is 5.93. The zero-order valence-corrected chi connectivity index (χ0v) is 15.5. The molecular formula is C22H25NO3. The highest BCUT2D eigenvalue weighted by Gasteiger charge is 2.60. The fourth-order valence-corrected chi connectivity index (χ4v) is 5.02. The lowest BCUT2D eigenvalue weighted by Gasteiger charge is -2.60. The van der Waals surface area contributed by atoms with E-state index in [9.17, 15) is 9.90 Å². The van der Waals surface area contributed by atoms with E-state index in [1.54, 1.807) is 13.2 Å². The number of hydrogen-bond acceptors (Lipinski definition) is 4. The van der Waals surface area contributed by atoms with Crippen LogP contribution in [0.15, 0.2) is 42.5 Å². The third-order valence-electron chi connectivity index (χ3n) is 6.61. The maximum atomic E-state index is 12.2. The smallest absolute Gasteiger partial charge is 0.150 e. The number of likely N-dealkylation sites (tertiary alicyclic amines) is 1. The van der Waals surface area contributed by atoms with E-state index in [0.717, 1.165) is 42.5 Å². The highest BCUT2D eigenvalue weighted by molar-refractivity contribution is 5.75. The number of benzene rings is 2. The topological polar surface area (TPSA) is 49.8 Å². The van der Waals surface area contributed by atoms with Crippen LogP contribution < -0.4 is 4.74 Å². The van der Waals surface area contributed by atoms with E-state index in [2.05, 4.69) is 31.0 Å². The molecule has 136 valence electrons. The van der Waals surface area contributed by atoms with Crippen LogP contribution in [-0.4, -0.2) is 43.0 Å². The number of carbonyl (C=O) groups excluding carboxylic acids is 1. The van der Waals surface area contributed by atoms with Crippen molar-refractivity contribution >= 4 is 6.29 Å². The predicted molar refractivity (Wildman–Crippen MR) is 101 cm³/mol. The minimum Gasteiger partial charge on any atom is -0.497 e. The third kappa shape index (κ3) is 2.19. The summed E-state index contributed by atoms with van der Waals surface area (Å²) in [6.45, 7) is 3.07. The van der Waals surface area contributed by atoms with Gasteiger partial charge in [-0.1, -0.05) is 31.2 Å². The molecule has 1 aliphatic carbocycles. The highest BCUT2D eigenvalue weighted by Crippen LogP contribution is 2.56. The van der Waals surface area contributed by atoms with Gasteiger partial charge in [-0.15, -0.1) is 0 Å². The second-order valence-electron chi connectivity index (χ2n) is 7.82. The van der Waals surface area contributed by atoms with Crippen LogP contribution in [0.4, 0.5) is 0 Å². The van der Waals surface area contributed by atoms with Crippen LogP contribution in [0.5, 0.6) is 5.75 Å². The zero-order chi connectivity index (χ0) is 18.5. The summed E-state index contributed by atoms with van der Waals surface area (Å²) in [6, 6.07) is 13.6. The Morgan fingerprint density at radius 3 is 2.81 bits per heavy atom. The SMILES string of the molecule is COc1ccc2c(c1)C1(C)CCN(C)C(C2)C1(O)c1cccc(C=O)c1. The number of carbonyl (C=O) groups is 1. The minimum absolute atomic E-state index is 0.0379. The Bertz CT molecular complexity index is 864. The summed E-state index contributed by atoms with van der Waals surface area (Å²) in [5.41, 5.74) is 2.30. The second-order valence-corrected chi connectivity index (χ2v) is 7.82. The molecule has 1 heterocycles. The van der Waals surface area contributed by atoms with E-state index >= 15 is 0 Å². The van der Waals surface area contributed by atoms with Gasteiger partial charge in [0, 0.05) is 17.0 Å². The van der Waals surface area contributed by atoms with E-state index in [0.29, 0.717) is 5.56 Å². The fraction of sp³-hybridized carbons (Fsp3) is 0.409. The number of aliphatic hydroxyl groups is 1. The van der Waals surface area contributed by atoms with Crippen LogP contribution in [0.25, 0.3) is 0 Å². The number of ether oxygens (including phenoxy) is 1.